The number of hydrogen-bond donors (Lipinski definition) is 1. The van der Waals surface area contributed by atoms with E-state index in [0.717, 1.165) is 5.56 Å². The quantitative estimate of drug-likeness (QED) is 0.654. The lowest BCUT2D eigenvalue weighted by Gasteiger charge is -2.36. The van der Waals surface area contributed by atoms with Crippen molar-refractivity contribution in [1.82, 2.24) is 14.9 Å². The molecule has 0 aliphatic heterocycles. The van der Waals surface area contributed by atoms with E-state index in [2.05, 4.69) is 9.97 Å². The summed E-state index contributed by atoms with van der Waals surface area (Å²) >= 11 is 1.21. The average molecular weight is 355 g/mol. The molecule has 0 unspecified atom stereocenters. The highest BCUT2D eigenvalue weighted by Crippen LogP contribution is 2.22. The molecule has 0 saturated carbocycles. The molecule has 2 N–H and O–H groups in total. The molecule has 0 aliphatic rings. The van der Waals surface area contributed by atoms with Crippen LogP contribution in [0.2, 0.25) is 0 Å². The molecule has 2 rings (SSSR count). The third-order valence-corrected chi connectivity index (χ3v) is 4.38. The molecule has 0 radical (unpaired) electrons. The van der Waals surface area contributed by atoms with E-state index in [1.165, 1.54) is 18.0 Å². The van der Waals surface area contributed by atoms with Crippen LogP contribution < -0.4 is 5.73 Å². The molecular formula is C18H21N5OS. The molecule has 7 heteroatoms. The summed E-state index contributed by atoms with van der Waals surface area (Å²) in [5.74, 6) is 0.326. The third-order valence-electron chi connectivity index (χ3n) is 3.54. The van der Waals surface area contributed by atoms with Gasteiger partial charge in [0.15, 0.2) is 5.16 Å². The largest absolute Gasteiger partial charge is 0.382 e. The average Bonchev–Trinajstić information content (AvgIpc) is 2.57. The fraction of sp³-hybridized carbons (Fsp3) is 0.333. The lowest BCUT2D eigenvalue weighted by Crippen LogP contribution is -2.45. The van der Waals surface area contributed by atoms with Crippen molar-refractivity contribution < 1.29 is 4.79 Å². The van der Waals surface area contributed by atoms with Crippen molar-refractivity contribution >= 4 is 23.5 Å². The van der Waals surface area contributed by atoms with Crippen LogP contribution in [-0.4, -0.2) is 32.1 Å². The van der Waals surface area contributed by atoms with Gasteiger partial charge in [0.2, 0.25) is 5.91 Å². The fourth-order valence-corrected chi connectivity index (χ4v) is 2.90. The number of rotatable bonds is 5. The van der Waals surface area contributed by atoms with E-state index in [1.54, 1.807) is 0 Å². The van der Waals surface area contributed by atoms with Crippen molar-refractivity contribution in [3.8, 4) is 6.07 Å². The predicted octanol–water partition coefficient (Wildman–Crippen LogP) is 2.85. The number of nitrogen functional groups attached to an aromatic ring is 1. The van der Waals surface area contributed by atoms with E-state index < -0.39 is 0 Å². The smallest absolute Gasteiger partial charge is 0.233 e. The Bertz CT molecular complexity index is 780. The first-order chi connectivity index (χ1) is 11.8. The van der Waals surface area contributed by atoms with Gasteiger partial charge in [-0.05, 0) is 26.3 Å². The maximum absolute atomic E-state index is 12.7. The predicted molar refractivity (Wildman–Crippen MR) is 98.6 cm³/mol. The fourth-order valence-electron chi connectivity index (χ4n) is 2.20. The van der Waals surface area contributed by atoms with Crippen LogP contribution in [0, 0.1) is 11.3 Å². The first kappa shape index (κ1) is 18.7. The van der Waals surface area contributed by atoms with Crippen LogP contribution >= 0.6 is 11.8 Å². The Kier molecular flexibility index (Phi) is 5.99. The van der Waals surface area contributed by atoms with Crippen molar-refractivity contribution in [3.63, 3.8) is 0 Å². The number of anilines is 1. The van der Waals surface area contributed by atoms with E-state index in [-0.39, 0.29) is 28.6 Å². The molecule has 0 atom stereocenters. The topological polar surface area (TPSA) is 95.9 Å². The number of nitrogens with zero attached hydrogens (tertiary/aromatic N) is 4. The summed E-state index contributed by atoms with van der Waals surface area (Å²) in [7, 11) is 0. The molecular weight excluding hydrogens is 334 g/mol. The van der Waals surface area contributed by atoms with Gasteiger partial charge in [-0.15, -0.1) is 0 Å². The molecule has 1 aromatic heterocycles. The van der Waals surface area contributed by atoms with Gasteiger partial charge in [-0.2, -0.15) is 5.26 Å². The second-order valence-electron chi connectivity index (χ2n) is 6.49. The Balaban J connectivity index is 2.07. The summed E-state index contributed by atoms with van der Waals surface area (Å²) in [5.41, 5.74) is 6.69. The molecule has 0 aliphatic carbocycles. The van der Waals surface area contributed by atoms with Crippen molar-refractivity contribution in [2.45, 2.75) is 38.0 Å². The van der Waals surface area contributed by atoms with Crippen LogP contribution in [0.3, 0.4) is 0 Å². The second-order valence-corrected chi connectivity index (χ2v) is 7.43. The summed E-state index contributed by atoms with van der Waals surface area (Å²) in [6.07, 6.45) is 1.38. The van der Waals surface area contributed by atoms with Crippen LogP contribution in [0.5, 0.6) is 0 Å². The van der Waals surface area contributed by atoms with E-state index in [1.807, 2.05) is 62.1 Å². The molecule has 25 heavy (non-hydrogen) atoms. The highest BCUT2D eigenvalue weighted by atomic mass is 32.2. The highest BCUT2D eigenvalue weighted by molar-refractivity contribution is 7.99. The van der Waals surface area contributed by atoms with E-state index in [0.29, 0.717) is 11.7 Å². The van der Waals surface area contributed by atoms with Crippen LogP contribution in [-0.2, 0) is 11.3 Å². The van der Waals surface area contributed by atoms with E-state index in [9.17, 15) is 4.79 Å². The van der Waals surface area contributed by atoms with Gasteiger partial charge in [0.25, 0.3) is 0 Å². The molecule has 1 amide bonds. The lowest BCUT2D eigenvalue weighted by atomic mass is 10.0. The molecule has 1 heterocycles. The standard InChI is InChI=1S/C18H21N5OS/c1-18(2,3)23(11-13-7-5-4-6-8-13)15(24)12-25-17-21-10-14(9-19)16(20)22-17/h4-8,10H,11-12H2,1-3H3,(H2,20,21,22). The molecule has 130 valence electrons. The number of nitrogens with two attached hydrogens (primary N) is 1. The maximum Gasteiger partial charge on any atom is 0.233 e. The van der Waals surface area contributed by atoms with E-state index in [4.69, 9.17) is 11.0 Å². The van der Waals surface area contributed by atoms with Gasteiger partial charge in [0.05, 0.1) is 11.9 Å². The SMILES string of the molecule is CC(C)(C)N(Cc1ccccc1)C(=O)CSc1ncc(C#N)c(N)n1. The van der Waals surface area contributed by atoms with Gasteiger partial charge in [0, 0.05) is 12.1 Å². The maximum atomic E-state index is 12.7. The third kappa shape index (κ3) is 5.19. The zero-order valence-electron chi connectivity index (χ0n) is 14.6. The van der Waals surface area contributed by atoms with Crippen LogP contribution in [0.25, 0.3) is 0 Å². The van der Waals surface area contributed by atoms with Crippen molar-refractivity contribution in [1.29, 1.82) is 5.26 Å². The number of carbonyl (C=O) groups is 1. The molecule has 1 aromatic carbocycles. The minimum absolute atomic E-state index is 0.00659. The van der Waals surface area contributed by atoms with Crippen molar-refractivity contribution in [2.24, 2.45) is 0 Å². The van der Waals surface area contributed by atoms with Gasteiger partial charge in [-0.3, -0.25) is 4.79 Å². The zero-order chi connectivity index (χ0) is 18.4. The molecule has 0 bridgehead atoms. The monoisotopic (exact) mass is 355 g/mol. The summed E-state index contributed by atoms with van der Waals surface area (Å²) in [6.45, 7) is 6.57. The number of hydrogen-bond acceptors (Lipinski definition) is 6. The van der Waals surface area contributed by atoms with Crippen molar-refractivity contribution in [2.75, 3.05) is 11.5 Å². The Morgan fingerprint density at radius 2 is 2.00 bits per heavy atom. The molecule has 2 aromatic rings. The summed E-state index contributed by atoms with van der Waals surface area (Å²) in [6, 6.07) is 11.8. The van der Waals surface area contributed by atoms with Crippen LogP contribution in [0.4, 0.5) is 5.82 Å². The first-order valence-corrected chi connectivity index (χ1v) is 8.79. The normalized spacial score (nSPS) is 11.0. The second kappa shape index (κ2) is 7.99. The zero-order valence-corrected chi connectivity index (χ0v) is 15.4. The van der Waals surface area contributed by atoms with Gasteiger partial charge in [-0.1, -0.05) is 42.1 Å². The van der Waals surface area contributed by atoms with Gasteiger partial charge >= 0.3 is 0 Å². The van der Waals surface area contributed by atoms with Crippen LogP contribution in [0.1, 0.15) is 31.9 Å². The summed E-state index contributed by atoms with van der Waals surface area (Å²) < 4.78 is 0. The number of aromatic nitrogens is 2. The van der Waals surface area contributed by atoms with Crippen LogP contribution in [0.15, 0.2) is 41.7 Å². The lowest BCUT2D eigenvalue weighted by molar-refractivity contribution is -0.133. The Morgan fingerprint density at radius 1 is 1.32 bits per heavy atom. The minimum Gasteiger partial charge on any atom is -0.382 e. The number of carbonyl (C=O) groups excluding carboxylic acids is 1. The molecule has 0 saturated heterocycles. The molecule has 6 nitrogen and oxygen atoms in total. The first-order valence-electron chi connectivity index (χ1n) is 7.81. The molecule has 0 spiro atoms. The minimum atomic E-state index is -0.308. The number of thioether (sulfide) groups is 1. The summed E-state index contributed by atoms with van der Waals surface area (Å²) in [5, 5.41) is 9.24. The van der Waals surface area contributed by atoms with Crippen molar-refractivity contribution in [3.05, 3.63) is 47.7 Å². The Hall–Kier alpha value is -2.59. The summed E-state index contributed by atoms with van der Waals surface area (Å²) in [4.78, 5) is 22.7. The Labute approximate surface area is 152 Å². The van der Waals surface area contributed by atoms with Gasteiger partial charge in [-0.25, -0.2) is 9.97 Å². The number of benzene rings is 1. The number of nitriles is 1. The molecule has 0 fully saturated rings. The highest BCUT2D eigenvalue weighted by Gasteiger charge is 2.26. The van der Waals surface area contributed by atoms with E-state index >= 15 is 0 Å². The van der Waals surface area contributed by atoms with Gasteiger partial charge in [0.1, 0.15) is 17.5 Å². The Morgan fingerprint density at radius 3 is 2.56 bits per heavy atom. The number of amides is 1. The van der Waals surface area contributed by atoms with Gasteiger partial charge < -0.3 is 10.6 Å².